The summed E-state index contributed by atoms with van der Waals surface area (Å²) in [6.07, 6.45) is 0.245. The van der Waals surface area contributed by atoms with Gasteiger partial charge in [-0.15, -0.1) is 0 Å². The van der Waals surface area contributed by atoms with Crippen molar-refractivity contribution in [2.75, 3.05) is 24.7 Å². The first kappa shape index (κ1) is 17.8. The average Bonchev–Trinajstić information content (AvgIpc) is 3.04. The minimum Gasteiger partial charge on any atom is -0.360 e. The van der Waals surface area contributed by atoms with Gasteiger partial charge < -0.3 is 9.64 Å². The van der Waals surface area contributed by atoms with Gasteiger partial charge in [0.1, 0.15) is 6.23 Å². The predicted octanol–water partition coefficient (Wildman–Crippen LogP) is 4.78. The van der Waals surface area contributed by atoms with Gasteiger partial charge in [0.15, 0.2) is 0 Å². The third-order valence-electron chi connectivity index (χ3n) is 5.59. The second kappa shape index (κ2) is 6.34. The van der Waals surface area contributed by atoms with Crippen LogP contribution in [0.1, 0.15) is 71.4 Å². The molecule has 2 heterocycles. The largest absolute Gasteiger partial charge is 0.360 e. The maximum atomic E-state index is 6.15. The lowest BCUT2D eigenvalue weighted by molar-refractivity contribution is 0.0652. The van der Waals surface area contributed by atoms with Crippen molar-refractivity contribution >= 4 is 5.69 Å². The fraction of sp³-hybridized carbons (Fsp3) is 0.714. The molecule has 0 radical (unpaired) electrons. The Kier molecular flexibility index (Phi) is 4.69. The van der Waals surface area contributed by atoms with Crippen LogP contribution in [0, 0.1) is 5.41 Å². The number of hydrogen-bond acceptors (Lipinski definition) is 3. The van der Waals surface area contributed by atoms with E-state index in [1.165, 1.54) is 16.8 Å². The van der Waals surface area contributed by atoms with Crippen molar-refractivity contribution in [2.45, 2.75) is 72.6 Å². The summed E-state index contributed by atoms with van der Waals surface area (Å²) in [7, 11) is 0. The standard InChI is InChI=1S/C21H34N2O/c1-14(2)16-9-8-10-17(15(3)4)20(16)22-11-19-23(13-22)18(12-24-19)21(5,6)7/h8-10,14-15,18-19H,11-13H2,1-7H3. The molecule has 0 spiro atoms. The Bertz CT molecular complexity index is 562. The van der Waals surface area contributed by atoms with E-state index in [0.717, 1.165) is 19.8 Å². The maximum Gasteiger partial charge on any atom is 0.130 e. The van der Waals surface area contributed by atoms with Gasteiger partial charge in [-0.25, -0.2) is 0 Å². The lowest BCUT2D eigenvalue weighted by Crippen LogP contribution is -2.43. The van der Waals surface area contributed by atoms with Crippen LogP contribution in [0.25, 0.3) is 0 Å². The highest BCUT2D eigenvalue weighted by Gasteiger charge is 2.46. The van der Waals surface area contributed by atoms with Gasteiger partial charge in [0.05, 0.1) is 19.8 Å². The van der Waals surface area contributed by atoms with Crippen LogP contribution in [0.3, 0.4) is 0 Å². The van der Waals surface area contributed by atoms with Gasteiger partial charge in [-0.3, -0.25) is 4.90 Å². The zero-order valence-electron chi connectivity index (χ0n) is 16.5. The van der Waals surface area contributed by atoms with Gasteiger partial charge >= 0.3 is 0 Å². The first-order chi connectivity index (χ1) is 11.2. The molecule has 1 aromatic rings. The van der Waals surface area contributed by atoms with E-state index < -0.39 is 0 Å². The van der Waals surface area contributed by atoms with Crippen LogP contribution >= 0.6 is 0 Å². The van der Waals surface area contributed by atoms with E-state index in [0.29, 0.717) is 17.9 Å². The Morgan fingerprint density at radius 3 is 2.12 bits per heavy atom. The van der Waals surface area contributed by atoms with Crippen molar-refractivity contribution in [2.24, 2.45) is 5.41 Å². The minimum atomic E-state index is 0.245. The lowest BCUT2D eigenvalue weighted by Gasteiger charge is -2.34. The van der Waals surface area contributed by atoms with E-state index in [9.17, 15) is 0 Å². The fourth-order valence-electron chi connectivity index (χ4n) is 4.17. The van der Waals surface area contributed by atoms with Crippen molar-refractivity contribution < 1.29 is 4.74 Å². The molecule has 3 rings (SSSR count). The van der Waals surface area contributed by atoms with Crippen molar-refractivity contribution in [3.8, 4) is 0 Å². The molecule has 0 amide bonds. The maximum absolute atomic E-state index is 6.15. The summed E-state index contributed by atoms with van der Waals surface area (Å²) in [5.41, 5.74) is 4.64. The third kappa shape index (κ3) is 3.09. The minimum absolute atomic E-state index is 0.245. The fourth-order valence-corrected chi connectivity index (χ4v) is 4.17. The summed E-state index contributed by atoms with van der Waals surface area (Å²) in [4.78, 5) is 5.13. The molecule has 0 N–H and O–H groups in total. The number of para-hydroxylation sites is 1. The van der Waals surface area contributed by atoms with E-state index in [2.05, 4.69) is 76.5 Å². The Morgan fingerprint density at radius 2 is 1.62 bits per heavy atom. The summed E-state index contributed by atoms with van der Waals surface area (Å²) in [6, 6.07) is 7.33. The van der Waals surface area contributed by atoms with Crippen LogP contribution in [-0.2, 0) is 4.74 Å². The normalized spacial score (nSPS) is 25.1. The highest BCUT2D eigenvalue weighted by Crippen LogP contribution is 2.41. The topological polar surface area (TPSA) is 15.7 Å². The molecular formula is C21H34N2O. The summed E-state index contributed by atoms with van der Waals surface area (Å²) < 4.78 is 6.15. The highest BCUT2D eigenvalue weighted by molar-refractivity contribution is 5.62. The molecule has 0 aromatic heterocycles. The monoisotopic (exact) mass is 330 g/mol. The molecule has 0 aliphatic carbocycles. The quantitative estimate of drug-likeness (QED) is 0.793. The number of nitrogens with zero attached hydrogens (tertiary/aromatic N) is 2. The molecule has 0 saturated carbocycles. The predicted molar refractivity (Wildman–Crippen MR) is 102 cm³/mol. The van der Waals surface area contributed by atoms with Gasteiger partial charge in [0.2, 0.25) is 0 Å². The van der Waals surface area contributed by atoms with E-state index >= 15 is 0 Å². The summed E-state index contributed by atoms with van der Waals surface area (Å²) in [6.45, 7) is 19.0. The molecule has 2 saturated heterocycles. The Labute approximate surface area is 148 Å². The third-order valence-corrected chi connectivity index (χ3v) is 5.59. The van der Waals surface area contributed by atoms with Crippen molar-refractivity contribution in [3.05, 3.63) is 29.3 Å². The van der Waals surface area contributed by atoms with Gasteiger partial charge in [-0.05, 0) is 28.4 Å². The van der Waals surface area contributed by atoms with Crippen LogP contribution in [0.5, 0.6) is 0 Å². The highest BCUT2D eigenvalue weighted by atomic mass is 16.5. The van der Waals surface area contributed by atoms with E-state index in [1.54, 1.807) is 0 Å². The van der Waals surface area contributed by atoms with Crippen LogP contribution in [0.2, 0.25) is 0 Å². The zero-order chi connectivity index (χ0) is 17.6. The molecule has 2 aliphatic rings. The number of benzene rings is 1. The SMILES string of the molecule is CC(C)c1cccc(C(C)C)c1N1CC2OCC(C(C)(C)C)N2C1. The van der Waals surface area contributed by atoms with Crippen molar-refractivity contribution in [3.63, 3.8) is 0 Å². The van der Waals surface area contributed by atoms with E-state index in [4.69, 9.17) is 4.74 Å². The second-order valence-corrected chi connectivity index (χ2v) is 9.14. The molecule has 3 heteroatoms. The number of anilines is 1. The Balaban J connectivity index is 1.94. The van der Waals surface area contributed by atoms with Gasteiger partial charge in [-0.1, -0.05) is 66.7 Å². The van der Waals surface area contributed by atoms with Crippen molar-refractivity contribution in [1.82, 2.24) is 4.90 Å². The average molecular weight is 331 g/mol. The molecule has 134 valence electrons. The van der Waals surface area contributed by atoms with Crippen LogP contribution < -0.4 is 4.90 Å². The number of rotatable bonds is 3. The molecule has 3 nitrogen and oxygen atoms in total. The van der Waals surface area contributed by atoms with Crippen LogP contribution in [-0.4, -0.2) is 37.0 Å². The summed E-state index contributed by atoms with van der Waals surface area (Å²) >= 11 is 0. The summed E-state index contributed by atoms with van der Waals surface area (Å²) in [5.74, 6) is 1.07. The number of ether oxygens (including phenoxy) is 1. The molecule has 2 aliphatic heterocycles. The van der Waals surface area contributed by atoms with Crippen LogP contribution in [0.4, 0.5) is 5.69 Å². The molecule has 2 fully saturated rings. The smallest absolute Gasteiger partial charge is 0.130 e. The molecule has 0 bridgehead atoms. The first-order valence-electron chi connectivity index (χ1n) is 9.45. The van der Waals surface area contributed by atoms with E-state index in [-0.39, 0.29) is 11.6 Å². The number of fused-ring (bicyclic) bond motifs is 1. The van der Waals surface area contributed by atoms with Crippen LogP contribution in [0.15, 0.2) is 18.2 Å². The van der Waals surface area contributed by atoms with Gasteiger partial charge in [0, 0.05) is 11.7 Å². The Morgan fingerprint density at radius 1 is 1.04 bits per heavy atom. The molecule has 24 heavy (non-hydrogen) atoms. The van der Waals surface area contributed by atoms with Gasteiger partial charge in [-0.2, -0.15) is 0 Å². The number of hydrogen-bond donors (Lipinski definition) is 0. The van der Waals surface area contributed by atoms with Gasteiger partial charge in [0.25, 0.3) is 0 Å². The zero-order valence-corrected chi connectivity index (χ0v) is 16.5. The molecule has 2 atom stereocenters. The molecular weight excluding hydrogens is 296 g/mol. The molecule has 1 aromatic carbocycles. The lowest BCUT2D eigenvalue weighted by atomic mass is 9.87. The Hall–Kier alpha value is -1.06. The van der Waals surface area contributed by atoms with Crippen molar-refractivity contribution in [1.29, 1.82) is 0 Å². The summed E-state index contributed by atoms with van der Waals surface area (Å²) in [5, 5.41) is 0. The van der Waals surface area contributed by atoms with E-state index in [1.807, 2.05) is 0 Å². The first-order valence-corrected chi connectivity index (χ1v) is 9.45. The molecule has 2 unspecified atom stereocenters. The second-order valence-electron chi connectivity index (χ2n) is 9.14.